The molecule has 32 nitrogen and oxygen atoms in total. The number of H-pyrrole nitrogens is 1. The minimum Gasteiger partial charge on any atom is -0.508 e. The molecular formula is C81H111N15O17S2. The zero-order valence-electron chi connectivity index (χ0n) is 66.8. The number of thioether (sulfide) groups is 2. The zero-order valence-corrected chi connectivity index (χ0v) is 68.4. The number of phenols is 2. The van der Waals surface area contributed by atoms with E-state index >= 15 is 19.2 Å². The lowest BCUT2D eigenvalue weighted by atomic mass is 9.74. The fraction of sp³-hybridized carbons (Fsp3) is 0.531. The fourth-order valence-corrected chi connectivity index (χ4v) is 16.2. The van der Waals surface area contributed by atoms with E-state index in [9.17, 15) is 63.6 Å². The zero-order chi connectivity index (χ0) is 84.4. The van der Waals surface area contributed by atoms with Crippen molar-refractivity contribution in [3.05, 3.63) is 125 Å². The average molecular weight is 1630 g/mol. The molecule has 4 heterocycles. The molecule has 3 aromatic carbocycles. The Morgan fingerprint density at radius 1 is 0.609 bits per heavy atom. The summed E-state index contributed by atoms with van der Waals surface area (Å²) in [6.45, 7) is 16.2. The highest BCUT2D eigenvalue weighted by Gasteiger charge is 2.48. The number of phenolic OH excluding ortho intramolecular Hbond substituents is 2. The summed E-state index contributed by atoms with van der Waals surface area (Å²) in [5.41, 5.74) is 4.45. The van der Waals surface area contributed by atoms with Crippen LogP contribution in [0.4, 0.5) is 0 Å². The number of hydrogen-bond donors (Lipinski definition) is 17. The maximum Gasteiger partial charge on any atom is 0.246 e. The van der Waals surface area contributed by atoms with Crippen LogP contribution in [0.25, 0.3) is 11.0 Å². The standard InChI is InChI=1S/C81H111N15O17S2/c1-43(2)80(10)77(112)92-64(46(5)98)74(109)90-60(66(82)102)41-114-39-50-18-15-19-51(34-50)40-115-42-61(86-47(6)99)69(104)93-65(79(7,8)9)75(110)89-59(36-49-26-30-55(101)31-27-49)76(111)96-33-17-23-62(96)72(107)91-63(45(4)97)73(108)88-58(37-52-38-84-67-56(52)22-16-32-83-67)71(106)95-81(11,53-20-13-12-14-21-53)78(113)85-44(3)68(103)87-57(70(105)94-80)35-48-24-28-54(100)29-25-48/h15-16,18-19,22,24-32,34,38,43-46,53,57-65,97-98,100-101H,12-14,17,20-21,23,33,35-37,39-42H2,1-11H3,(H2,82,102)(H,83,84)(H,85,113)(H,86,99)(H,87,103)(H,88,108)(H,89,110)(H,90,109)(H,91,107)(H,92,112)(H,93,104)(H,94,105)(H,95,106)/t44-,45+,46+,57-,58-,59-,60+,61-,62-,63-,64-,65+,80-,81-/m0/s1. The van der Waals surface area contributed by atoms with Gasteiger partial charge in [-0.2, -0.15) is 23.5 Å². The summed E-state index contributed by atoms with van der Waals surface area (Å²) in [5, 5.41) is 73.7. The van der Waals surface area contributed by atoms with Crippen molar-refractivity contribution >= 4 is 111 Å². The number of hydrogen-bond acceptors (Lipinski definition) is 20. The van der Waals surface area contributed by atoms with E-state index in [2.05, 4.69) is 68.5 Å². The predicted molar refractivity (Wildman–Crippen MR) is 432 cm³/mol. The Hall–Kier alpha value is -10.3. The van der Waals surface area contributed by atoms with Crippen molar-refractivity contribution in [3.8, 4) is 11.5 Å². The molecule has 0 unspecified atom stereocenters. The first kappa shape index (κ1) is 90.2. The van der Waals surface area contributed by atoms with Crippen molar-refractivity contribution in [2.45, 2.75) is 236 Å². The van der Waals surface area contributed by atoms with Crippen molar-refractivity contribution in [2.24, 2.45) is 23.0 Å². The Kier molecular flexibility index (Phi) is 31.6. The van der Waals surface area contributed by atoms with E-state index < -0.39 is 178 Å². The molecule has 1 saturated heterocycles. The molecule has 2 fully saturated rings. The van der Waals surface area contributed by atoms with E-state index in [4.69, 9.17) is 5.73 Å². The molecule has 2 aromatic heterocycles. The lowest BCUT2D eigenvalue weighted by molar-refractivity contribution is -0.143. The molecule has 2 bridgehead atoms. The third-order valence-corrected chi connectivity index (χ3v) is 23.7. The van der Waals surface area contributed by atoms with Crippen LogP contribution in [-0.2, 0) is 93.1 Å². The third kappa shape index (κ3) is 24.4. The Balaban J connectivity index is 1.15. The second kappa shape index (κ2) is 40.3. The molecule has 18 N–H and O–H groups in total. The molecule has 34 heteroatoms. The molecule has 3 aliphatic rings. The SMILES string of the molecule is CC(=O)N[C@H]1CSCc2cccc(c2)CSC[C@H](C(N)=O)NC(=O)[C@H]([C@@H](C)O)NC(=O)[C@](C)(C(C)C)NC(=O)[C@H](Cc2ccc(O)cc2)NC(=O)[C@H](C)NC(=O)[C@](C)(C2CCCCC2)NC(=O)[C@H](Cc2c[nH]c3ncccc23)NC(=O)[C@H]([C@@H](C)O)NC(=O)[C@@H]2CCCN2C(=O)[C@H](Cc2ccc(O)cc2)NC(=O)[C@H](C(C)(C)C)NC1=O. The van der Waals surface area contributed by atoms with Crippen LogP contribution in [0.5, 0.6) is 11.5 Å². The second-order valence-electron chi connectivity index (χ2n) is 31.9. The van der Waals surface area contributed by atoms with Crippen molar-refractivity contribution in [1.29, 1.82) is 0 Å². The van der Waals surface area contributed by atoms with Crippen LogP contribution in [0.2, 0.25) is 0 Å². The van der Waals surface area contributed by atoms with Gasteiger partial charge in [-0.05, 0) is 142 Å². The molecule has 0 spiro atoms. The molecule has 1 saturated carbocycles. The van der Waals surface area contributed by atoms with Crippen molar-refractivity contribution < 1.29 is 82.8 Å². The summed E-state index contributed by atoms with van der Waals surface area (Å²) in [5.74, 6) is -12.1. The van der Waals surface area contributed by atoms with Crippen molar-refractivity contribution in [1.82, 2.24) is 73.4 Å². The van der Waals surface area contributed by atoms with Gasteiger partial charge in [0, 0.05) is 73.5 Å². The number of carbonyl (C=O) groups excluding carboxylic acids is 13. The largest absolute Gasteiger partial charge is 0.508 e. The normalized spacial score (nSPS) is 26.8. The fourth-order valence-electron chi connectivity index (χ4n) is 14.2. The van der Waals surface area contributed by atoms with Crippen LogP contribution in [0.1, 0.15) is 149 Å². The number of pyridine rings is 1. The molecular weight excluding hydrogens is 1520 g/mol. The first-order valence-electron chi connectivity index (χ1n) is 38.8. The maximum absolute atomic E-state index is 15.5. The summed E-state index contributed by atoms with van der Waals surface area (Å²) in [7, 11) is 0. The van der Waals surface area contributed by atoms with Crippen LogP contribution in [0.15, 0.2) is 97.3 Å². The number of carbonyl (C=O) groups is 13. The summed E-state index contributed by atoms with van der Waals surface area (Å²) in [6, 6.07) is 7.65. The summed E-state index contributed by atoms with van der Waals surface area (Å²) in [6.07, 6.45) is 2.47. The Morgan fingerprint density at radius 3 is 1.75 bits per heavy atom. The van der Waals surface area contributed by atoms with Crippen LogP contribution >= 0.6 is 23.5 Å². The maximum atomic E-state index is 15.5. The lowest BCUT2D eigenvalue weighted by Gasteiger charge is -2.40. The van der Waals surface area contributed by atoms with Gasteiger partial charge in [-0.1, -0.05) is 102 Å². The number of nitrogens with two attached hydrogens (primary N) is 1. The first-order chi connectivity index (χ1) is 54.3. The third-order valence-electron chi connectivity index (χ3n) is 21.4. The molecule has 0 radical (unpaired) electrons. The number of benzene rings is 3. The second-order valence-corrected chi connectivity index (χ2v) is 34.0. The average Bonchev–Trinajstić information content (AvgIpc) is 1.65. The molecule has 115 heavy (non-hydrogen) atoms. The van der Waals surface area contributed by atoms with Gasteiger partial charge < -0.3 is 94.5 Å². The topological polar surface area (TPSA) is 493 Å². The minimum atomic E-state index is -1.91. The summed E-state index contributed by atoms with van der Waals surface area (Å²) < 4.78 is 0. The van der Waals surface area contributed by atoms with E-state index in [0.29, 0.717) is 64.9 Å². The number of fused-ring (bicyclic) bond motifs is 4. The van der Waals surface area contributed by atoms with Gasteiger partial charge in [-0.25, -0.2) is 4.98 Å². The quantitative estimate of drug-likeness (QED) is 0.0847. The molecule has 13 amide bonds. The number of nitrogens with one attached hydrogen (secondary N) is 12. The number of amides is 13. The van der Waals surface area contributed by atoms with Crippen molar-refractivity contribution in [2.75, 3.05) is 18.1 Å². The molecule has 2 aliphatic heterocycles. The minimum absolute atomic E-state index is 0.00950. The van der Waals surface area contributed by atoms with Crippen molar-refractivity contribution in [3.63, 3.8) is 0 Å². The van der Waals surface area contributed by atoms with Gasteiger partial charge in [0.05, 0.1) is 12.2 Å². The Bertz CT molecular complexity index is 4320. The monoisotopic (exact) mass is 1630 g/mol. The number of aliphatic hydroxyl groups is 2. The molecule has 624 valence electrons. The Labute approximate surface area is 677 Å². The van der Waals surface area contributed by atoms with Crippen LogP contribution in [0.3, 0.4) is 0 Å². The molecule has 5 aromatic rings. The van der Waals surface area contributed by atoms with Gasteiger partial charge in [-0.15, -0.1) is 0 Å². The number of aromatic nitrogens is 2. The number of primary amides is 1. The van der Waals surface area contributed by atoms with E-state index in [-0.39, 0.29) is 61.7 Å². The highest BCUT2D eigenvalue weighted by atomic mass is 32.2. The molecule has 8 rings (SSSR count). The van der Waals surface area contributed by atoms with Crippen LogP contribution < -0.4 is 64.2 Å². The summed E-state index contributed by atoms with van der Waals surface area (Å²) in [4.78, 5) is 198. The predicted octanol–water partition coefficient (Wildman–Crippen LogP) is 1.86. The molecule has 14 atom stereocenters. The van der Waals surface area contributed by atoms with Gasteiger partial charge in [0.2, 0.25) is 76.8 Å². The lowest BCUT2D eigenvalue weighted by Crippen LogP contribution is -2.68. The van der Waals surface area contributed by atoms with Gasteiger partial charge in [0.25, 0.3) is 0 Å². The number of nitrogens with zero attached hydrogens (tertiary/aromatic N) is 2. The Morgan fingerprint density at radius 2 is 1.17 bits per heavy atom. The number of aromatic hydroxyl groups is 2. The number of aliphatic hydroxyl groups excluding tert-OH is 2. The van der Waals surface area contributed by atoms with E-state index in [1.54, 1.807) is 77.3 Å². The van der Waals surface area contributed by atoms with Crippen LogP contribution in [0, 0.1) is 17.3 Å². The van der Waals surface area contributed by atoms with E-state index in [0.717, 1.165) is 17.5 Å². The first-order valence-corrected chi connectivity index (χ1v) is 41.1. The van der Waals surface area contributed by atoms with E-state index in [1.807, 2.05) is 18.2 Å². The number of rotatable bonds is 12. The van der Waals surface area contributed by atoms with Gasteiger partial charge in [-0.3, -0.25) is 62.3 Å². The van der Waals surface area contributed by atoms with Gasteiger partial charge in [0.15, 0.2) is 0 Å². The molecule has 1 aliphatic carbocycles. The van der Waals surface area contributed by atoms with Crippen LogP contribution in [-0.4, -0.2) is 214 Å². The van der Waals surface area contributed by atoms with Gasteiger partial charge >= 0.3 is 0 Å². The number of aromatic amines is 1. The highest BCUT2D eigenvalue weighted by molar-refractivity contribution is 7.98. The van der Waals surface area contributed by atoms with E-state index in [1.165, 1.54) is 106 Å². The highest BCUT2D eigenvalue weighted by Crippen LogP contribution is 2.34. The smallest absolute Gasteiger partial charge is 0.246 e. The summed E-state index contributed by atoms with van der Waals surface area (Å²) >= 11 is 2.53. The van der Waals surface area contributed by atoms with Gasteiger partial charge in [0.1, 0.15) is 88.6 Å².